The summed E-state index contributed by atoms with van der Waals surface area (Å²) in [7, 11) is 0. The summed E-state index contributed by atoms with van der Waals surface area (Å²) in [6.45, 7) is 3.71. The Kier molecular flexibility index (Phi) is 3.57. The van der Waals surface area contributed by atoms with Gasteiger partial charge in [-0.2, -0.15) is 0 Å². The number of hydrogen-bond acceptors (Lipinski definition) is 2. The van der Waals surface area contributed by atoms with Crippen LogP contribution < -0.4 is 4.74 Å². The fourth-order valence-corrected chi connectivity index (χ4v) is 1.78. The van der Waals surface area contributed by atoms with E-state index >= 15 is 0 Å². The van der Waals surface area contributed by atoms with Crippen LogP contribution in [0.1, 0.15) is 32.3 Å². The van der Waals surface area contributed by atoms with Crippen LogP contribution in [0.4, 0.5) is 8.78 Å². The topological polar surface area (TPSA) is 29.5 Å². The molecule has 1 aromatic carbocycles. The van der Waals surface area contributed by atoms with E-state index in [0.717, 1.165) is 18.9 Å². The van der Waals surface area contributed by atoms with Gasteiger partial charge in [0.2, 0.25) is 0 Å². The van der Waals surface area contributed by atoms with Crippen molar-refractivity contribution in [1.82, 2.24) is 0 Å². The largest absolute Gasteiger partial charge is 0.490 e. The Hall–Kier alpha value is -1.16. The molecule has 18 heavy (non-hydrogen) atoms. The second-order valence-electron chi connectivity index (χ2n) is 5.56. The van der Waals surface area contributed by atoms with Gasteiger partial charge in [0.1, 0.15) is 5.82 Å². The van der Waals surface area contributed by atoms with Crippen molar-refractivity contribution in [3.05, 3.63) is 29.3 Å². The quantitative estimate of drug-likeness (QED) is 0.877. The monoisotopic (exact) mass is 256 g/mol. The molecule has 0 radical (unpaired) electrons. The maximum Gasteiger partial charge on any atom is 0.168 e. The van der Waals surface area contributed by atoms with Gasteiger partial charge in [0.25, 0.3) is 0 Å². The van der Waals surface area contributed by atoms with E-state index < -0.39 is 17.0 Å². The summed E-state index contributed by atoms with van der Waals surface area (Å²) in [5, 5.41) is 9.34. The lowest BCUT2D eigenvalue weighted by Gasteiger charge is -2.25. The van der Waals surface area contributed by atoms with Gasteiger partial charge in [0.05, 0.1) is 13.2 Å². The predicted molar refractivity (Wildman–Crippen MR) is 64.7 cm³/mol. The lowest BCUT2D eigenvalue weighted by molar-refractivity contribution is 0.208. The van der Waals surface area contributed by atoms with Crippen molar-refractivity contribution in [3.8, 4) is 5.75 Å². The zero-order valence-corrected chi connectivity index (χ0v) is 10.7. The van der Waals surface area contributed by atoms with Gasteiger partial charge in [-0.1, -0.05) is 13.8 Å². The third-order valence-corrected chi connectivity index (χ3v) is 3.29. The molecule has 0 unspecified atom stereocenters. The van der Waals surface area contributed by atoms with Gasteiger partial charge in [-0.25, -0.2) is 8.78 Å². The second-order valence-corrected chi connectivity index (χ2v) is 5.56. The highest BCUT2D eigenvalue weighted by atomic mass is 19.1. The first-order valence-corrected chi connectivity index (χ1v) is 6.17. The van der Waals surface area contributed by atoms with Crippen molar-refractivity contribution in [2.45, 2.75) is 32.1 Å². The summed E-state index contributed by atoms with van der Waals surface area (Å²) in [6.07, 6.45) is 2.20. The molecule has 0 heterocycles. The molecule has 0 bridgehead atoms. The van der Waals surface area contributed by atoms with E-state index in [0.29, 0.717) is 18.1 Å². The molecule has 1 fully saturated rings. The lowest BCUT2D eigenvalue weighted by Crippen LogP contribution is -2.24. The van der Waals surface area contributed by atoms with Gasteiger partial charge in [-0.3, -0.25) is 0 Å². The molecule has 0 aliphatic heterocycles. The summed E-state index contributed by atoms with van der Waals surface area (Å²) in [4.78, 5) is 0. The Morgan fingerprint density at radius 2 is 2.00 bits per heavy atom. The van der Waals surface area contributed by atoms with Crippen LogP contribution in [0.3, 0.4) is 0 Å². The Morgan fingerprint density at radius 1 is 1.33 bits per heavy atom. The third-order valence-electron chi connectivity index (χ3n) is 3.29. The van der Waals surface area contributed by atoms with Crippen molar-refractivity contribution >= 4 is 0 Å². The molecule has 2 rings (SSSR count). The van der Waals surface area contributed by atoms with E-state index in [1.165, 1.54) is 6.07 Å². The van der Waals surface area contributed by atoms with Crippen LogP contribution in [0.5, 0.6) is 5.75 Å². The first kappa shape index (κ1) is 13.3. The molecular formula is C14H18F2O2. The minimum absolute atomic E-state index is 0.0716. The van der Waals surface area contributed by atoms with Crippen molar-refractivity contribution < 1.29 is 18.6 Å². The SMILES string of the molecule is CC(C)(CO)c1cc(F)cc(F)c1OCC1CC1. The molecule has 100 valence electrons. The molecule has 0 saturated heterocycles. The van der Waals surface area contributed by atoms with E-state index in [1.807, 2.05) is 0 Å². The minimum Gasteiger partial charge on any atom is -0.490 e. The smallest absolute Gasteiger partial charge is 0.168 e. The zero-order chi connectivity index (χ0) is 13.3. The highest BCUT2D eigenvalue weighted by Crippen LogP contribution is 2.36. The number of ether oxygens (including phenoxy) is 1. The van der Waals surface area contributed by atoms with Crippen LogP contribution in [0.15, 0.2) is 12.1 Å². The van der Waals surface area contributed by atoms with Crippen molar-refractivity contribution in [2.24, 2.45) is 5.92 Å². The molecule has 1 aromatic rings. The maximum absolute atomic E-state index is 13.8. The Balaban J connectivity index is 2.34. The Bertz CT molecular complexity index is 440. The van der Waals surface area contributed by atoms with Gasteiger partial charge in [-0.15, -0.1) is 0 Å². The molecule has 1 aliphatic rings. The summed E-state index contributed by atoms with van der Waals surface area (Å²) in [5.74, 6) is -0.795. The molecule has 1 aliphatic carbocycles. The molecule has 4 heteroatoms. The fourth-order valence-electron chi connectivity index (χ4n) is 1.78. The first-order chi connectivity index (χ1) is 8.44. The number of hydrogen-bond donors (Lipinski definition) is 1. The zero-order valence-electron chi connectivity index (χ0n) is 10.7. The normalized spacial score (nSPS) is 15.8. The van der Waals surface area contributed by atoms with Crippen LogP contribution in [-0.4, -0.2) is 18.3 Å². The number of benzene rings is 1. The van der Waals surface area contributed by atoms with Gasteiger partial charge in [0, 0.05) is 17.0 Å². The average molecular weight is 256 g/mol. The van der Waals surface area contributed by atoms with Crippen molar-refractivity contribution in [3.63, 3.8) is 0 Å². The van der Waals surface area contributed by atoms with E-state index in [-0.39, 0.29) is 12.4 Å². The minimum atomic E-state index is -0.734. The van der Waals surface area contributed by atoms with Crippen LogP contribution in [0.25, 0.3) is 0 Å². The third kappa shape index (κ3) is 2.80. The Labute approximate surface area is 106 Å². The molecule has 0 atom stereocenters. The molecular weight excluding hydrogens is 238 g/mol. The van der Waals surface area contributed by atoms with Crippen LogP contribution in [0.2, 0.25) is 0 Å². The van der Waals surface area contributed by atoms with E-state index in [1.54, 1.807) is 13.8 Å². The number of aliphatic hydroxyl groups excluding tert-OH is 1. The van der Waals surface area contributed by atoms with Crippen LogP contribution in [-0.2, 0) is 5.41 Å². The highest BCUT2D eigenvalue weighted by molar-refractivity contribution is 5.40. The standard InChI is InChI=1S/C14H18F2O2/c1-14(2,8-17)11-5-10(15)6-12(16)13(11)18-7-9-3-4-9/h5-6,9,17H,3-4,7-8H2,1-2H3. The van der Waals surface area contributed by atoms with Crippen molar-refractivity contribution in [1.29, 1.82) is 0 Å². The summed E-state index contributed by atoms with van der Waals surface area (Å²) in [5.41, 5.74) is -0.356. The average Bonchev–Trinajstić information content (AvgIpc) is 3.11. The summed E-state index contributed by atoms with van der Waals surface area (Å²) in [6, 6.07) is 2.06. The molecule has 0 spiro atoms. The first-order valence-electron chi connectivity index (χ1n) is 6.17. The Morgan fingerprint density at radius 3 is 2.56 bits per heavy atom. The van der Waals surface area contributed by atoms with Crippen molar-refractivity contribution in [2.75, 3.05) is 13.2 Å². The van der Waals surface area contributed by atoms with Gasteiger partial charge in [0.15, 0.2) is 11.6 Å². The molecule has 1 saturated carbocycles. The van der Waals surface area contributed by atoms with Gasteiger partial charge >= 0.3 is 0 Å². The highest BCUT2D eigenvalue weighted by Gasteiger charge is 2.29. The van der Waals surface area contributed by atoms with E-state index in [2.05, 4.69) is 0 Å². The molecule has 0 aromatic heterocycles. The van der Waals surface area contributed by atoms with Crippen LogP contribution >= 0.6 is 0 Å². The lowest BCUT2D eigenvalue weighted by atomic mass is 9.84. The number of rotatable bonds is 5. The van der Waals surface area contributed by atoms with Gasteiger partial charge < -0.3 is 9.84 Å². The molecule has 1 N–H and O–H groups in total. The molecule has 2 nitrogen and oxygen atoms in total. The van der Waals surface area contributed by atoms with E-state index in [4.69, 9.17) is 4.74 Å². The fraction of sp³-hybridized carbons (Fsp3) is 0.571. The number of halogens is 2. The second kappa shape index (κ2) is 4.84. The predicted octanol–water partition coefficient (Wildman–Crippen LogP) is 3.02. The van der Waals surface area contributed by atoms with Gasteiger partial charge in [-0.05, 0) is 24.8 Å². The van der Waals surface area contributed by atoms with Crippen LogP contribution in [0, 0.1) is 17.6 Å². The van der Waals surface area contributed by atoms with E-state index in [9.17, 15) is 13.9 Å². The summed E-state index contributed by atoms with van der Waals surface area (Å²) < 4.78 is 32.6. The summed E-state index contributed by atoms with van der Waals surface area (Å²) >= 11 is 0. The molecule has 0 amide bonds. The number of aliphatic hydroxyl groups is 1. The maximum atomic E-state index is 13.8.